The van der Waals surface area contributed by atoms with Crippen LogP contribution in [0.3, 0.4) is 0 Å². The summed E-state index contributed by atoms with van der Waals surface area (Å²) in [7, 11) is 1.58. The number of hydrogen-bond donors (Lipinski definition) is 0. The van der Waals surface area contributed by atoms with Gasteiger partial charge in [0.2, 0.25) is 6.79 Å². The molecule has 1 aromatic heterocycles. The Morgan fingerprint density at radius 3 is 2.78 bits per heavy atom. The van der Waals surface area contributed by atoms with E-state index < -0.39 is 0 Å². The van der Waals surface area contributed by atoms with E-state index in [9.17, 15) is 4.79 Å². The van der Waals surface area contributed by atoms with Gasteiger partial charge >= 0.3 is 0 Å². The maximum atomic E-state index is 12.3. The van der Waals surface area contributed by atoms with Crippen LogP contribution in [0.4, 0.5) is 0 Å². The monoisotopic (exact) mass is 386 g/mol. The first-order chi connectivity index (χ1) is 13.2. The van der Waals surface area contributed by atoms with Crippen molar-refractivity contribution in [1.82, 2.24) is 4.57 Å². The highest BCUT2D eigenvalue weighted by Gasteiger charge is 2.17. The van der Waals surface area contributed by atoms with Crippen LogP contribution in [0.15, 0.2) is 41.4 Å². The molecule has 2 aromatic carbocycles. The number of thiazole rings is 1. The fourth-order valence-electron chi connectivity index (χ4n) is 2.83. The van der Waals surface area contributed by atoms with Crippen molar-refractivity contribution in [3.63, 3.8) is 0 Å². The van der Waals surface area contributed by atoms with Gasteiger partial charge in [0.1, 0.15) is 11.5 Å². The Balaban J connectivity index is 1.59. The smallest absolute Gasteiger partial charge is 0.286 e. The molecule has 1 aliphatic rings. The molecule has 0 aliphatic carbocycles. The summed E-state index contributed by atoms with van der Waals surface area (Å²) < 4.78 is 24.5. The second kappa shape index (κ2) is 7.32. The van der Waals surface area contributed by atoms with Crippen LogP contribution < -0.4 is 23.7 Å². The molecule has 0 fully saturated rings. The van der Waals surface area contributed by atoms with Gasteiger partial charge in [-0.05, 0) is 19.1 Å². The average Bonchev–Trinajstić information content (AvgIpc) is 3.27. The van der Waals surface area contributed by atoms with E-state index in [1.54, 1.807) is 25.3 Å². The highest BCUT2D eigenvalue weighted by molar-refractivity contribution is 7.16. The van der Waals surface area contributed by atoms with E-state index in [2.05, 4.69) is 4.99 Å². The Bertz CT molecular complexity index is 1070. The number of nitrogens with zero attached hydrogens (tertiary/aromatic N) is 2. The SMILES string of the molecule is CCn1c(=NC(=O)COc2cccc(OC)c2)sc2cc3c(cc21)OCO3. The number of ether oxygens (including phenoxy) is 4. The quantitative estimate of drug-likeness (QED) is 0.674. The van der Waals surface area contributed by atoms with E-state index in [1.165, 1.54) is 11.3 Å². The molecule has 1 aliphatic heterocycles. The van der Waals surface area contributed by atoms with Crippen LogP contribution in [0.25, 0.3) is 10.2 Å². The van der Waals surface area contributed by atoms with Crippen molar-refractivity contribution in [2.75, 3.05) is 20.5 Å². The zero-order valence-electron chi connectivity index (χ0n) is 14.9. The molecule has 0 saturated carbocycles. The molecule has 7 nitrogen and oxygen atoms in total. The first kappa shape index (κ1) is 17.4. The molecule has 140 valence electrons. The molecule has 1 amide bonds. The Hall–Kier alpha value is -3.00. The van der Waals surface area contributed by atoms with E-state index in [4.69, 9.17) is 18.9 Å². The van der Waals surface area contributed by atoms with Crippen LogP contribution in [0.1, 0.15) is 6.92 Å². The number of hydrogen-bond acceptors (Lipinski definition) is 6. The van der Waals surface area contributed by atoms with E-state index in [1.807, 2.05) is 29.7 Å². The van der Waals surface area contributed by atoms with Gasteiger partial charge in [0.25, 0.3) is 5.91 Å². The topological polar surface area (TPSA) is 71.3 Å². The molecular weight excluding hydrogens is 368 g/mol. The summed E-state index contributed by atoms with van der Waals surface area (Å²) in [5.41, 5.74) is 0.965. The lowest BCUT2D eigenvalue weighted by atomic mass is 10.3. The van der Waals surface area contributed by atoms with Gasteiger partial charge in [-0.1, -0.05) is 17.4 Å². The van der Waals surface area contributed by atoms with Crippen LogP contribution >= 0.6 is 11.3 Å². The Morgan fingerprint density at radius 2 is 2.00 bits per heavy atom. The number of aryl methyl sites for hydroxylation is 1. The summed E-state index contributed by atoms with van der Waals surface area (Å²) in [6, 6.07) is 10.9. The molecule has 0 unspecified atom stereocenters. The van der Waals surface area contributed by atoms with Crippen molar-refractivity contribution >= 4 is 27.5 Å². The Morgan fingerprint density at radius 1 is 1.22 bits per heavy atom. The van der Waals surface area contributed by atoms with Crippen molar-refractivity contribution < 1.29 is 23.7 Å². The van der Waals surface area contributed by atoms with Gasteiger partial charge in [-0.25, -0.2) is 0 Å². The van der Waals surface area contributed by atoms with Gasteiger partial charge in [-0.15, -0.1) is 0 Å². The van der Waals surface area contributed by atoms with E-state index in [0.29, 0.717) is 34.3 Å². The summed E-state index contributed by atoms with van der Waals surface area (Å²) in [6.45, 7) is 2.78. The van der Waals surface area contributed by atoms with Gasteiger partial charge in [0.15, 0.2) is 22.9 Å². The fraction of sp³-hybridized carbons (Fsp3) is 0.263. The lowest BCUT2D eigenvalue weighted by molar-refractivity contribution is -0.120. The minimum absolute atomic E-state index is 0.145. The number of aromatic nitrogens is 1. The van der Waals surface area contributed by atoms with Crippen LogP contribution in [-0.4, -0.2) is 31.0 Å². The average molecular weight is 386 g/mol. The number of carbonyl (C=O) groups excluding carboxylic acids is 1. The second-order valence-electron chi connectivity index (χ2n) is 5.78. The first-order valence-corrected chi connectivity index (χ1v) is 9.27. The van der Waals surface area contributed by atoms with Gasteiger partial charge < -0.3 is 23.5 Å². The largest absolute Gasteiger partial charge is 0.497 e. The third-order valence-corrected chi connectivity index (χ3v) is 5.16. The molecule has 27 heavy (non-hydrogen) atoms. The summed E-state index contributed by atoms with van der Waals surface area (Å²) in [6.07, 6.45) is 0. The second-order valence-corrected chi connectivity index (χ2v) is 6.78. The lowest BCUT2D eigenvalue weighted by Crippen LogP contribution is -2.18. The van der Waals surface area contributed by atoms with Crippen LogP contribution in [0.5, 0.6) is 23.0 Å². The van der Waals surface area contributed by atoms with E-state index in [-0.39, 0.29) is 19.3 Å². The summed E-state index contributed by atoms with van der Waals surface area (Å²) in [5, 5.41) is 0. The molecule has 2 heterocycles. The highest BCUT2D eigenvalue weighted by atomic mass is 32.1. The van der Waals surface area contributed by atoms with Crippen molar-refractivity contribution in [2.45, 2.75) is 13.5 Å². The maximum absolute atomic E-state index is 12.3. The van der Waals surface area contributed by atoms with Crippen molar-refractivity contribution in [1.29, 1.82) is 0 Å². The number of carbonyl (C=O) groups is 1. The van der Waals surface area contributed by atoms with Crippen LogP contribution in [-0.2, 0) is 11.3 Å². The van der Waals surface area contributed by atoms with Crippen LogP contribution in [0.2, 0.25) is 0 Å². The summed E-state index contributed by atoms with van der Waals surface area (Å²) in [4.78, 5) is 17.2. The molecule has 0 radical (unpaired) electrons. The molecule has 3 aromatic rings. The van der Waals surface area contributed by atoms with E-state index in [0.717, 1.165) is 10.2 Å². The van der Waals surface area contributed by atoms with E-state index >= 15 is 0 Å². The number of fused-ring (bicyclic) bond motifs is 2. The van der Waals surface area contributed by atoms with Gasteiger partial charge in [-0.2, -0.15) is 4.99 Å². The Labute approximate surface area is 159 Å². The molecule has 0 spiro atoms. The molecule has 0 saturated heterocycles. The van der Waals surface area contributed by atoms with Crippen molar-refractivity contribution in [3.8, 4) is 23.0 Å². The molecule has 8 heteroatoms. The Kier molecular flexibility index (Phi) is 4.72. The fourth-order valence-corrected chi connectivity index (χ4v) is 3.95. The molecule has 0 bridgehead atoms. The summed E-state index contributed by atoms with van der Waals surface area (Å²) >= 11 is 1.43. The zero-order valence-corrected chi connectivity index (χ0v) is 15.7. The van der Waals surface area contributed by atoms with Gasteiger partial charge in [0, 0.05) is 24.7 Å². The van der Waals surface area contributed by atoms with Crippen LogP contribution in [0, 0.1) is 0 Å². The molecule has 4 rings (SSSR count). The van der Waals surface area contributed by atoms with Gasteiger partial charge in [-0.3, -0.25) is 4.79 Å². The maximum Gasteiger partial charge on any atom is 0.286 e. The number of methoxy groups -OCH3 is 1. The minimum Gasteiger partial charge on any atom is -0.497 e. The van der Waals surface area contributed by atoms with Gasteiger partial charge in [0.05, 0.1) is 17.3 Å². The minimum atomic E-state index is -0.355. The first-order valence-electron chi connectivity index (χ1n) is 8.45. The molecule has 0 atom stereocenters. The number of amides is 1. The highest BCUT2D eigenvalue weighted by Crippen LogP contribution is 2.36. The lowest BCUT2D eigenvalue weighted by Gasteiger charge is -2.05. The normalized spacial score (nSPS) is 13.2. The predicted octanol–water partition coefficient (Wildman–Crippen LogP) is 2.97. The zero-order chi connectivity index (χ0) is 18.8. The third-order valence-electron chi connectivity index (χ3n) is 4.12. The molecular formula is C19H18N2O5S. The summed E-state index contributed by atoms with van der Waals surface area (Å²) in [5.74, 6) is 2.30. The predicted molar refractivity (Wildman–Crippen MR) is 101 cm³/mol. The molecule has 0 N–H and O–H groups in total. The third kappa shape index (κ3) is 3.48. The number of benzene rings is 2. The standard InChI is InChI=1S/C19H18N2O5S/c1-3-21-14-8-15-16(26-11-25-15)9-17(14)27-19(21)20-18(22)10-24-13-6-4-5-12(7-13)23-2/h4-9H,3,10-11H2,1-2H3. The number of rotatable bonds is 5. The van der Waals surface area contributed by atoms with Crippen molar-refractivity contribution in [2.24, 2.45) is 4.99 Å². The van der Waals surface area contributed by atoms with Crippen molar-refractivity contribution in [3.05, 3.63) is 41.2 Å².